The Morgan fingerprint density at radius 2 is 1.96 bits per heavy atom. The molecule has 4 nitrogen and oxygen atoms in total. The molecule has 4 rings (SSSR count). The topological polar surface area (TPSA) is 38.3 Å². The summed E-state index contributed by atoms with van der Waals surface area (Å²) in [6.45, 7) is 0. The molecular weight excluding hydrogens is 368 g/mol. The van der Waals surface area contributed by atoms with E-state index in [-0.39, 0.29) is 12.2 Å². The van der Waals surface area contributed by atoms with Gasteiger partial charge < -0.3 is 9.22 Å². The van der Waals surface area contributed by atoms with Gasteiger partial charge in [-0.2, -0.15) is 0 Å². The van der Waals surface area contributed by atoms with Crippen molar-refractivity contribution in [1.82, 2.24) is 0 Å². The van der Waals surface area contributed by atoms with Crippen molar-refractivity contribution in [2.75, 3.05) is 19.4 Å². The molecule has 2 bridgehead atoms. The SMILES string of the molecule is C[N+]1(C)C2CCC1CC(OC(=O)Nc1ccc(Cl)cc1-c1cccs1)C2. The molecule has 3 heterocycles. The number of anilines is 1. The number of amides is 1. The van der Waals surface area contributed by atoms with E-state index in [4.69, 9.17) is 16.3 Å². The Labute approximate surface area is 163 Å². The van der Waals surface area contributed by atoms with E-state index in [1.54, 1.807) is 17.4 Å². The number of ether oxygens (including phenoxy) is 1. The summed E-state index contributed by atoms with van der Waals surface area (Å²) < 4.78 is 6.85. The Hall–Kier alpha value is -1.56. The molecule has 0 spiro atoms. The van der Waals surface area contributed by atoms with Gasteiger partial charge in [-0.3, -0.25) is 5.32 Å². The summed E-state index contributed by atoms with van der Waals surface area (Å²) in [5.41, 5.74) is 1.66. The van der Waals surface area contributed by atoms with Gasteiger partial charge in [-0.25, -0.2) is 4.79 Å². The molecule has 0 saturated carbocycles. The maximum Gasteiger partial charge on any atom is 0.411 e. The lowest BCUT2D eigenvalue weighted by Gasteiger charge is -2.43. The number of benzene rings is 1. The first kappa shape index (κ1) is 17.8. The van der Waals surface area contributed by atoms with Crippen LogP contribution in [0.4, 0.5) is 10.5 Å². The molecule has 6 heteroatoms. The van der Waals surface area contributed by atoms with Crippen LogP contribution in [0.15, 0.2) is 35.7 Å². The number of rotatable bonds is 3. The summed E-state index contributed by atoms with van der Waals surface area (Å²) in [6, 6.07) is 10.7. The Kier molecular flexibility index (Phi) is 4.71. The molecule has 2 aliphatic heterocycles. The minimum absolute atomic E-state index is 0.0103. The number of carbonyl (C=O) groups excluding carboxylic acids is 1. The predicted octanol–water partition coefficient (Wildman–Crippen LogP) is 5.39. The van der Waals surface area contributed by atoms with Crippen molar-refractivity contribution in [3.8, 4) is 10.4 Å². The van der Waals surface area contributed by atoms with Crippen LogP contribution < -0.4 is 5.32 Å². The quantitative estimate of drug-likeness (QED) is 0.712. The number of hydrogen-bond donors (Lipinski definition) is 1. The smallest absolute Gasteiger partial charge is 0.411 e. The summed E-state index contributed by atoms with van der Waals surface area (Å²) in [5, 5.41) is 5.59. The van der Waals surface area contributed by atoms with E-state index in [1.807, 2.05) is 29.6 Å². The number of nitrogens with zero attached hydrogens (tertiary/aromatic N) is 1. The molecule has 2 aromatic rings. The Balaban J connectivity index is 1.45. The van der Waals surface area contributed by atoms with Gasteiger partial charge in [0.1, 0.15) is 6.10 Å². The lowest BCUT2D eigenvalue weighted by atomic mass is 9.98. The number of fused-ring (bicyclic) bond motifs is 2. The Morgan fingerprint density at radius 3 is 2.62 bits per heavy atom. The third kappa shape index (κ3) is 3.36. The number of piperidine rings is 1. The number of quaternary nitrogens is 1. The van der Waals surface area contributed by atoms with Crippen molar-refractivity contribution in [2.24, 2.45) is 0 Å². The number of thiophene rings is 1. The highest BCUT2D eigenvalue weighted by Gasteiger charge is 2.49. The lowest BCUT2D eigenvalue weighted by molar-refractivity contribution is -0.931. The number of carbonyl (C=O) groups is 1. The molecule has 2 atom stereocenters. The normalized spacial score (nSPS) is 26.5. The third-order valence-corrected chi connectivity index (χ3v) is 7.20. The zero-order valence-electron chi connectivity index (χ0n) is 15.1. The van der Waals surface area contributed by atoms with E-state index in [1.165, 1.54) is 12.8 Å². The maximum absolute atomic E-state index is 12.5. The van der Waals surface area contributed by atoms with Gasteiger partial charge in [-0.1, -0.05) is 17.7 Å². The molecule has 1 aromatic carbocycles. The van der Waals surface area contributed by atoms with Crippen molar-refractivity contribution < 1.29 is 14.0 Å². The van der Waals surface area contributed by atoms with Crippen molar-refractivity contribution >= 4 is 34.7 Å². The second kappa shape index (κ2) is 6.87. The van der Waals surface area contributed by atoms with Crippen LogP contribution in [0, 0.1) is 0 Å². The van der Waals surface area contributed by atoms with Gasteiger partial charge in [0.25, 0.3) is 0 Å². The predicted molar refractivity (Wildman–Crippen MR) is 107 cm³/mol. The van der Waals surface area contributed by atoms with E-state index in [0.717, 1.165) is 33.5 Å². The van der Waals surface area contributed by atoms with Crippen molar-refractivity contribution in [2.45, 2.75) is 43.9 Å². The summed E-state index contributed by atoms with van der Waals surface area (Å²) in [5.74, 6) is 0. The number of nitrogens with one attached hydrogen (secondary N) is 1. The Bertz CT molecular complexity index is 790. The van der Waals surface area contributed by atoms with Gasteiger partial charge in [-0.15, -0.1) is 11.3 Å². The fourth-order valence-electron chi connectivity index (χ4n) is 4.48. The van der Waals surface area contributed by atoms with Crippen molar-refractivity contribution in [3.63, 3.8) is 0 Å². The molecule has 1 amide bonds. The highest BCUT2D eigenvalue weighted by atomic mass is 35.5. The second-order valence-corrected chi connectivity index (χ2v) is 9.19. The van der Waals surface area contributed by atoms with E-state index in [0.29, 0.717) is 17.1 Å². The fourth-order valence-corrected chi connectivity index (χ4v) is 5.41. The molecular formula is C20H24ClN2O2S+. The van der Waals surface area contributed by atoms with Crippen LogP contribution in [0.5, 0.6) is 0 Å². The van der Waals surface area contributed by atoms with Gasteiger partial charge in [-0.05, 0) is 29.6 Å². The van der Waals surface area contributed by atoms with E-state index < -0.39 is 0 Å². The molecule has 2 saturated heterocycles. The van der Waals surface area contributed by atoms with Crippen LogP contribution in [-0.2, 0) is 4.74 Å². The molecule has 2 aliphatic rings. The molecule has 138 valence electrons. The van der Waals surface area contributed by atoms with Crippen LogP contribution in [0.2, 0.25) is 5.02 Å². The summed E-state index contributed by atoms with van der Waals surface area (Å²) in [7, 11) is 4.61. The average Bonchev–Trinajstić information content (AvgIpc) is 3.13. The zero-order chi connectivity index (χ0) is 18.3. The highest BCUT2D eigenvalue weighted by Crippen LogP contribution is 2.41. The van der Waals surface area contributed by atoms with Gasteiger partial charge in [0, 0.05) is 41.1 Å². The maximum atomic E-state index is 12.5. The summed E-state index contributed by atoms with van der Waals surface area (Å²) >= 11 is 7.77. The van der Waals surface area contributed by atoms with Crippen molar-refractivity contribution in [1.29, 1.82) is 0 Å². The second-order valence-electron chi connectivity index (χ2n) is 7.81. The van der Waals surface area contributed by atoms with Gasteiger partial charge in [0.2, 0.25) is 0 Å². The first-order chi connectivity index (χ1) is 12.4. The highest BCUT2D eigenvalue weighted by molar-refractivity contribution is 7.13. The van der Waals surface area contributed by atoms with Crippen LogP contribution in [0.3, 0.4) is 0 Å². The van der Waals surface area contributed by atoms with Gasteiger partial charge >= 0.3 is 6.09 Å². The van der Waals surface area contributed by atoms with Crippen molar-refractivity contribution in [3.05, 3.63) is 40.7 Å². The molecule has 0 radical (unpaired) electrons. The van der Waals surface area contributed by atoms with E-state index in [2.05, 4.69) is 19.4 Å². The molecule has 2 fully saturated rings. The first-order valence-corrected chi connectivity index (χ1v) is 10.3. The molecule has 2 unspecified atom stereocenters. The van der Waals surface area contributed by atoms with Crippen LogP contribution in [0.25, 0.3) is 10.4 Å². The van der Waals surface area contributed by atoms with E-state index >= 15 is 0 Å². The number of halogens is 1. The largest absolute Gasteiger partial charge is 0.445 e. The van der Waals surface area contributed by atoms with Crippen LogP contribution >= 0.6 is 22.9 Å². The monoisotopic (exact) mass is 391 g/mol. The minimum atomic E-state index is -0.373. The molecule has 1 N–H and O–H groups in total. The lowest BCUT2D eigenvalue weighted by Crippen LogP contribution is -2.56. The standard InChI is InChI=1S/C20H23ClN2O2S/c1-23(2)14-6-7-15(23)12-16(11-14)25-20(24)22-18-8-5-13(21)10-17(18)19-4-3-9-26-19/h3-5,8-10,14-16H,6-7,11-12H2,1-2H3/p+1. The third-order valence-electron chi connectivity index (χ3n) is 6.06. The average molecular weight is 392 g/mol. The first-order valence-electron chi connectivity index (χ1n) is 9.08. The fraction of sp³-hybridized carbons (Fsp3) is 0.450. The molecule has 1 aromatic heterocycles. The minimum Gasteiger partial charge on any atom is -0.445 e. The summed E-state index contributed by atoms with van der Waals surface area (Å²) in [4.78, 5) is 13.6. The van der Waals surface area contributed by atoms with E-state index in [9.17, 15) is 4.79 Å². The zero-order valence-corrected chi connectivity index (χ0v) is 16.6. The molecule has 0 aliphatic carbocycles. The molecule has 26 heavy (non-hydrogen) atoms. The van der Waals surface area contributed by atoms with Crippen LogP contribution in [-0.4, -0.2) is 42.9 Å². The van der Waals surface area contributed by atoms with Crippen LogP contribution in [0.1, 0.15) is 25.7 Å². The number of hydrogen-bond acceptors (Lipinski definition) is 3. The summed E-state index contributed by atoms with van der Waals surface area (Å²) in [6.07, 6.45) is 4.01. The Morgan fingerprint density at radius 1 is 1.23 bits per heavy atom. The van der Waals surface area contributed by atoms with Gasteiger partial charge in [0.05, 0.1) is 31.9 Å². The van der Waals surface area contributed by atoms with Gasteiger partial charge in [0.15, 0.2) is 0 Å².